The summed E-state index contributed by atoms with van der Waals surface area (Å²) in [5.74, 6) is -0.804. The van der Waals surface area contributed by atoms with Gasteiger partial charge in [-0.3, -0.25) is 9.69 Å². The SMILES string of the molecule is Nc1nonc1-n1nnc(CN2CCOCC2)c1C(=O)N/N=C\c1ccc(C(F)(F)F)cc1. The van der Waals surface area contributed by atoms with Crippen molar-refractivity contribution in [1.82, 2.24) is 35.6 Å². The molecule has 1 aliphatic heterocycles. The second-order valence-electron chi connectivity index (χ2n) is 6.98. The Labute approximate surface area is 184 Å². The molecule has 174 valence electrons. The van der Waals surface area contributed by atoms with Crippen LogP contribution in [0.4, 0.5) is 19.0 Å². The minimum atomic E-state index is -4.44. The van der Waals surface area contributed by atoms with Crippen LogP contribution in [0, 0.1) is 0 Å². The van der Waals surface area contributed by atoms with Gasteiger partial charge in [-0.15, -0.1) is 5.10 Å². The number of nitrogens with zero attached hydrogens (tertiary/aromatic N) is 7. The van der Waals surface area contributed by atoms with Gasteiger partial charge in [0.1, 0.15) is 5.69 Å². The summed E-state index contributed by atoms with van der Waals surface area (Å²) >= 11 is 0. The van der Waals surface area contributed by atoms with Crippen molar-refractivity contribution in [1.29, 1.82) is 0 Å². The van der Waals surface area contributed by atoms with Crippen molar-refractivity contribution in [3.8, 4) is 5.82 Å². The normalized spacial score (nSPS) is 15.2. The minimum Gasteiger partial charge on any atom is -0.379 e. The highest BCUT2D eigenvalue weighted by Gasteiger charge is 2.30. The highest BCUT2D eigenvalue weighted by atomic mass is 19.4. The number of hydrogen-bond acceptors (Lipinski definition) is 10. The van der Waals surface area contributed by atoms with Crippen LogP contribution >= 0.6 is 0 Å². The monoisotopic (exact) mass is 465 g/mol. The summed E-state index contributed by atoms with van der Waals surface area (Å²) in [5.41, 5.74) is 7.96. The molecule has 0 aliphatic carbocycles. The third-order valence-corrected chi connectivity index (χ3v) is 4.75. The molecule has 33 heavy (non-hydrogen) atoms. The van der Waals surface area contributed by atoms with Crippen LogP contribution in [0.2, 0.25) is 0 Å². The first kappa shape index (κ1) is 22.3. The molecular formula is C18H18F3N9O3. The Morgan fingerprint density at radius 1 is 1.21 bits per heavy atom. The Morgan fingerprint density at radius 3 is 2.58 bits per heavy atom. The Kier molecular flexibility index (Phi) is 6.32. The van der Waals surface area contributed by atoms with Gasteiger partial charge in [0.2, 0.25) is 11.6 Å². The molecule has 3 N–H and O–H groups in total. The number of morpholine rings is 1. The van der Waals surface area contributed by atoms with Gasteiger partial charge >= 0.3 is 6.18 Å². The van der Waals surface area contributed by atoms with E-state index < -0.39 is 17.6 Å². The summed E-state index contributed by atoms with van der Waals surface area (Å²) in [6, 6.07) is 4.30. The lowest BCUT2D eigenvalue weighted by Gasteiger charge is -2.25. The number of hydrogen-bond donors (Lipinski definition) is 2. The molecule has 1 aromatic carbocycles. The fourth-order valence-corrected chi connectivity index (χ4v) is 3.08. The van der Waals surface area contributed by atoms with Crippen LogP contribution in [0.15, 0.2) is 34.0 Å². The van der Waals surface area contributed by atoms with Gasteiger partial charge in [-0.1, -0.05) is 17.3 Å². The van der Waals surface area contributed by atoms with Crippen molar-refractivity contribution < 1.29 is 27.3 Å². The highest BCUT2D eigenvalue weighted by molar-refractivity contribution is 5.95. The third kappa shape index (κ3) is 5.15. The van der Waals surface area contributed by atoms with Crippen molar-refractivity contribution in [2.75, 3.05) is 32.0 Å². The zero-order valence-electron chi connectivity index (χ0n) is 17.0. The summed E-state index contributed by atoms with van der Waals surface area (Å²) in [4.78, 5) is 15.0. The maximum atomic E-state index is 12.9. The molecule has 3 heterocycles. The fraction of sp³-hybridized carbons (Fsp3) is 0.333. The van der Waals surface area contributed by atoms with Gasteiger partial charge < -0.3 is 10.5 Å². The molecule has 12 nitrogen and oxygen atoms in total. The molecule has 1 fully saturated rings. The molecule has 0 unspecified atom stereocenters. The number of amides is 1. The van der Waals surface area contributed by atoms with E-state index in [0.717, 1.165) is 16.8 Å². The van der Waals surface area contributed by atoms with Gasteiger partial charge in [-0.25, -0.2) is 10.1 Å². The first-order chi connectivity index (χ1) is 15.8. The second-order valence-corrected chi connectivity index (χ2v) is 6.98. The third-order valence-electron chi connectivity index (χ3n) is 4.75. The number of ether oxygens (including phenoxy) is 1. The summed E-state index contributed by atoms with van der Waals surface area (Å²) in [7, 11) is 0. The Hall–Kier alpha value is -3.85. The van der Waals surface area contributed by atoms with Crippen LogP contribution in [0.3, 0.4) is 0 Å². The quantitative estimate of drug-likeness (QED) is 0.399. The lowest BCUT2D eigenvalue weighted by Crippen LogP contribution is -2.36. The van der Waals surface area contributed by atoms with Crippen molar-refractivity contribution in [2.24, 2.45) is 5.10 Å². The van der Waals surface area contributed by atoms with Crippen molar-refractivity contribution in [3.63, 3.8) is 0 Å². The van der Waals surface area contributed by atoms with E-state index in [-0.39, 0.29) is 17.3 Å². The van der Waals surface area contributed by atoms with Crippen LogP contribution in [0.25, 0.3) is 5.82 Å². The van der Waals surface area contributed by atoms with Gasteiger partial charge in [0, 0.05) is 19.6 Å². The van der Waals surface area contributed by atoms with Gasteiger partial charge in [0.05, 0.1) is 25.0 Å². The van der Waals surface area contributed by atoms with Gasteiger partial charge in [0.15, 0.2) is 5.69 Å². The molecule has 1 aliphatic rings. The molecule has 1 amide bonds. The average molecular weight is 465 g/mol. The maximum absolute atomic E-state index is 12.9. The maximum Gasteiger partial charge on any atom is 0.416 e. The van der Waals surface area contributed by atoms with Crippen molar-refractivity contribution in [2.45, 2.75) is 12.7 Å². The van der Waals surface area contributed by atoms with E-state index in [4.69, 9.17) is 10.5 Å². The number of hydrazone groups is 1. The number of benzene rings is 1. The van der Waals surface area contributed by atoms with Crippen molar-refractivity contribution in [3.05, 3.63) is 46.8 Å². The molecule has 0 radical (unpaired) electrons. The standard InChI is InChI=1S/C18H18F3N9O3/c19-18(20,21)12-3-1-11(2-4-12)9-23-25-17(31)14-13(10-29-5-7-32-8-6-29)24-28-30(14)16-15(22)26-33-27-16/h1-4,9H,5-8,10H2,(H2,22,26)(H,25,31)/b23-9-. The Morgan fingerprint density at radius 2 is 1.94 bits per heavy atom. The number of nitrogens with two attached hydrogens (primary N) is 1. The second kappa shape index (κ2) is 9.33. The van der Waals surface area contributed by atoms with E-state index in [0.29, 0.717) is 44.1 Å². The zero-order chi connectivity index (χ0) is 23.4. The molecule has 3 aromatic rings. The smallest absolute Gasteiger partial charge is 0.379 e. The predicted molar refractivity (Wildman–Crippen MR) is 106 cm³/mol. The number of nitrogen functional groups attached to an aromatic ring is 1. The molecule has 2 aromatic heterocycles. The van der Waals surface area contributed by atoms with E-state index in [2.05, 4.69) is 35.8 Å². The molecule has 0 spiro atoms. The van der Waals surface area contributed by atoms with Crippen molar-refractivity contribution >= 4 is 17.9 Å². The summed E-state index contributed by atoms with van der Waals surface area (Å²) in [6.45, 7) is 2.70. The number of carbonyl (C=O) groups is 1. The minimum absolute atomic E-state index is 0.00783. The Bertz CT molecular complexity index is 1140. The van der Waals surface area contributed by atoms with E-state index in [1.165, 1.54) is 18.3 Å². The highest BCUT2D eigenvalue weighted by Crippen LogP contribution is 2.28. The topological polar surface area (TPSA) is 150 Å². The van der Waals surface area contributed by atoms with Crippen LogP contribution in [0.1, 0.15) is 27.3 Å². The largest absolute Gasteiger partial charge is 0.416 e. The van der Waals surface area contributed by atoms with Gasteiger partial charge in [-0.2, -0.15) is 23.0 Å². The molecule has 4 rings (SSSR count). The first-order valence-corrected chi connectivity index (χ1v) is 9.66. The molecular weight excluding hydrogens is 447 g/mol. The molecule has 0 saturated carbocycles. The number of rotatable bonds is 6. The number of nitrogens with one attached hydrogen (secondary N) is 1. The molecule has 0 bridgehead atoms. The first-order valence-electron chi connectivity index (χ1n) is 9.66. The lowest BCUT2D eigenvalue weighted by atomic mass is 10.1. The van der Waals surface area contributed by atoms with E-state index in [1.807, 2.05) is 4.90 Å². The number of aromatic nitrogens is 5. The summed E-state index contributed by atoms with van der Waals surface area (Å²) in [6.07, 6.45) is -3.23. The average Bonchev–Trinajstić information content (AvgIpc) is 3.40. The number of carbonyl (C=O) groups excluding carboxylic acids is 1. The van der Waals surface area contributed by atoms with E-state index in [1.54, 1.807) is 0 Å². The van der Waals surface area contributed by atoms with Crippen LogP contribution < -0.4 is 11.2 Å². The molecule has 15 heteroatoms. The van der Waals surface area contributed by atoms with Gasteiger partial charge in [0.25, 0.3) is 5.91 Å². The Balaban J connectivity index is 1.54. The van der Waals surface area contributed by atoms with Crippen LogP contribution in [-0.2, 0) is 17.5 Å². The number of halogens is 3. The lowest BCUT2D eigenvalue weighted by molar-refractivity contribution is -0.137. The van der Waals surface area contributed by atoms with Crippen LogP contribution in [-0.4, -0.2) is 68.6 Å². The van der Waals surface area contributed by atoms with Gasteiger partial charge in [-0.05, 0) is 28.0 Å². The summed E-state index contributed by atoms with van der Waals surface area (Å²) in [5, 5.41) is 19.0. The number of alkyl halides is 3. The number of anilines is 1. The molecule has 1 saturated heterocycles. The van der Waals surface area contributed by atoms with E-state index >= 15 is 0 Å². The van der Waals surface area contributed by atoms with Crippen LogP contribution in [0.5, 0.6) is 0 Å². The summed E-state index contributed by atoms with van der Waals surface area (Å²) < 4.78 is 49.0. The zero-order valence-corrected chi connectivity index (χ0v) is 17.0. The fourth-order valence-electron chi connectivity index (χ4n) is 3.08. The predicted octanol–water partition coefficient (Wildman–Crippen LogP) is 0.847. The molecule has 0 atom stereocenters. The van der Waals surface area contributed by atoms with E-state index in [9.17, 15) is 18.0 Å².